The molecule has 1 aromatic carbocycles. The molecule has 0 N–H and O–H groups in total. The van der Waals surface area contributed by atoms with Gasteiger partial charge in [-0.25, -0.2) is 9.97 Å². The topological polar surface area (TPSA) is 67.4 Å². The fourth-order valence-electron chi connectivity index (χ4n) is 4.68. The zero-order chi connectivity index (χ0) is 22.2. The first-order valence-corrected chi connectivity index (χ1v) is 11.1. The van der Waals surface area contributed by atoms with E-state index in [1.54, 1.807) is 18.6 Å². The largest absolute Gasteiger partial charge is 0.438 e. The first kappa shape index (κ1) is 23.3. The van der Waals surface area contributed by atoms with Crippen LogP contribution in [0.3, 0.4) is 0 Å². The molecule has 7 nitrogen and oxygen atoms in total. The molecule has 172 valence electrons. The van der Waals surface area contributed by atoms with Gasteiger partial charge in [0.15, 0.2) is 0 Å². The molecule has 1 atom stereocenters. The molecule has 1 fully saturated rings. The third-order valence-corrected chi connectivity index (χ3v) is 6.32. The van der Waals surface area contributed by atoms with Gasteiger partial charge in [-0.3, -0.25) is 14.3 Å². The van der Waals surface area contributed by atoms with Crippen LogP contribution in [0.1, 0.15) is 40.7 Å². The molecule has 1 saturated heterocycles. The summed E-state index contributed by atoms with van der Waals surface area (Å²) in [6.45, 7) is 10.3. The minimum atomic E-state index is -0.100. The van der Waals surface area contributed by atoms with Gasteiger partial charge in [-0.15, -0.1) is 25.6 Å². The molecule has 0 radical (unpaired) electrons. The standard InChI is InChI=1S/C24H24ClN5O2.ClH/c1-3-10-28(11-4-2)14-16-13-26-23(32-16)21-22-19-9-6-12-29(19)24(31)20-17(25)7-5-8-18(20)30(22)15-27-21;/h3-5,7-8,13,15,19H,1-2,6,9-12,14H2;1H/t19-;/m0./s1. The summed E-state index contributed by atoms with van der Waals surface area (Å²) in [6, 6.07) is 5.41. The van der Waals surface area contributed by atoms with E-state index >= 15 is 0 Å². The zero-order valence-electron chi connectivity index (χ0n) is 18.1. The number of hydrogen-bond acceptors (Lipinski definition) is 5. The Bertz CT molecular complexity index is 1190. The van der Waals surface area contributed by atoms with Gasteiger partial charge in [-0.1, -0.05) is 29.8 Å². The molecule has 2 aliphatic rings. The highest BCUT2D eigenvalue weighted by Crippen LogP contribution is 2.43. The van der Waals surface area contributed by atoms with Gasteiger partial charge in [-0.2, -0.15) is 0 Å². The molecule has 0 unspecified atom stereocenters. The number of fused-ring (bicyclic) bond motifs is 5. The van der Waals surface area contributed by atoms with Gasteiger partial charge < -0.3 is 9.32 Å². The number of oxazole rings is 1. The first-order chi connectivity index (χ1) is 15.6. The second kappa shape index (κ2) is 9.55. The molecule has 2 aromatic heterocycles. The molecule has 0 saturated carbocycles. The normalized spacial score (nSPS) is 16.6. The van der Waals surface area contributed by atoms with Crippen molar-refractivity contribution in [3.8, 4) is 17.3 Å². The Morgan fingerprint density at radius 1 is 1.24 bits per heavy atom. The molecule has 9 heteroatoms. The van der Waals surface area contributed by atoms with Crippen molar-refractivity contribution in [2.75, 3.05) is 19.6 Å². The van der Waals surface area contributed by atoms with Crippen LogP contribution in [0.15, 0.2) is 60.5 Å². The second-order valence-electron chi connectivity index (χ2n) is 8.04. The van der Waals surface area contributed by atoms with Crippen LogP contribution in [-0.4, -0.2) is 49.9 Å². The molecule has 2 aliphatic heterocycles. The Morgan fingerprint density at radius 3 is 2.79 bits per heavy atom. The van der Waals surface area contributed by atoms with Crippen LogP contribution in [0.2, 0.25) is 5.02 Å². The lowest BCUT2D eigenvalue weighted by Crippen LogP contribution is -2.29. The number of imidazole rings is 1. The van der Waals surface area contributed by atoms with Crippen LogP contribution in [0, 0.1) is 0 Å². The molecule has 3 aromatic rings. The number of carbonyl (C=O) groups is 1. The smallest absolute Gasteiger partial charge is 0.258 e. The van der Waals surface area contributed by atoms with E-state index in [2.05, 4.69) is 28.0 Å². The fourth-order valence-corrected chi connectivity index (χ4v) is 4.93. The predicted octanol–water partition coefficient (Wildman–Crippen LogP) is 5.07. The summed E-state index contributed by atoms with van der Waals surface area (Å²) in [6.07, 6.45) is 8.96. The van der Waals surface area contributed by atoms with Gasteiger partial charge in [0.2, 0.25) is 5.89 Å². The number of rotatable bonds is 7. The summed E-state index contributed by atoms with van der Waals surface area (Å²) < 4.78 is 8.09. The highest BCUT2D eigenvalue weighted by molar-refractivity contribution is 6.34. The molecule has 4 heterocycles. The maximum Gasteiger partial charge on any atom is 0.258 e. The quantitative estimate of drug-likeness (QED) is 0.437. The Kier molecular flexibility index (Phi) is 6.74. The number of aromatic nitrogens is 3. The third kappa shape index (κ3) is 4.01. The number of halogens is 2. The van der Waals surface area contributed by atoms with Gasteiger partial charge in [0.05, 0.1) is 40.8 Å². The number of carbonyl (C=O) groups excluding carboxylic acids is 1. The molecule has 0 aliphatic carbocycles. The van der Waals surface area contributed by atoms with E-state index < -0.39 is 0 Å². The summed E-state index contributed by atoms with van der Waals surface area (Å²) in [7, 11) is 0. The first-order valence-electron chi connectivity index (χ1n) is 10.7. The van der Waals surface area contributed by atoms with Crippen LogP contribution in [0.25, 0.3) is 17.3 Å². The van der Waals surface area contributed by atoms with E-state index in [1.165, 1.54) is 0 Å². The fraction of sp³-hybridized carbons (Fsp3) is 0.292. The number of benzene rings is 1. The monoisotopic (exact) mass is 485 g/mol. The average Bonchev–Trinajstić information content (AvgIpc) is 3.51. The number of amides is 1. The van der Waals surface area contributed by atoms with E-state index in [0.717, 1.165) is 43.1 Å². The van der Waals surface area contributed by atoms with E-state index in [1.807, 2.05) is 33.8 Å². The molecule has 1 amide bonds. The van der Waals surface area contributed by atoms with Crippen molar-refractivity contribution in [1.82, 2.24) is 24.3 Å². The summed E-state index contributed by atoms with van der Waals surface area (Å²) >= 11 is 6.46. The van der Waals surface area contributed by atoms with Crippen molar-refractivity contribution in [1.29, 1.82) is 0 Å². The van der Waals surface area contributed by atoms with Crippen LogP contribution >= 0.6 is 24.0 Å². The summed E-state index contributed by atoms with van der Waals surface area (Å²) in [4.78, 5) is 26.6. The molecular weight excluding hydrogens is 461 g/mol. The molecule has 0 spiro atoms. The average molecular weight is 486 g/mol. The van der Waals surface area contributed by atoms with E-state index in [9.17, 15) is 4.79 Å². The lowest BCUT2D eigenvalue weighted by Gasteiger charge is -2.22. The van der Waals surface area contributed by atoms with Crippen LogP contribution < -0.4 is 0 Å². The van der Waals surface area contributed by atoms with Crippen molar-refractivity contribution in [3.63, 3.8) is 0 Å². The third-order valence-electron chi connectivity index (χ3n) is 6.01. The summed E-state index contributed by atoms with van der Waals surface area (Å²) in [5.41, 5.74) is 2.83. The van der Waals surface area contributed by atoms with Gasteiger partial charge in [0.25, 0.3) is 5.91 Å². The van der Waals surface area contributed by atoms with Gasteiger partial charge in [-0.05, 0) is 25.0 Å². The highest BCUT2D eigenvalue weighted by Gasteiger charge is 2.40. The summed E-state index contributed by atoms with van der Waals surface area (Å²) in [5, 5.41) is 0.448. The summed E-state index contributed by atoms with van der Waals surface area (Å²) in [5.74, 6) is 1.15. The van der Waals surface area contributed by atoms with E-state index in [4.69, 9.17) is 16.0 Å². The number of nitrogens with zero attached hydrogens (tertiary/aromatic N) is 5. The number of hydrogen-bond donors (Lipinski definition) is 0. The van der Waals surface area contributed by atoms with Crippen LogP contribution in [0.5, 0.6) is 0 Å². The lowest BCUT2D eigenvalue weighted by atomic mass is 10.1. The van der Waals surface area contributed by atoms with Crippen LogP contribution in [0.4, 0.5) is 0 Å². The maximum atomic E-state index is 13.3. The van der Waals surface area contributed by atoms with Crippen molar-refractivity contribution in [3.05, 3.63) is 78.1 Å². The van der Waals surface area contributed by atoms with Crippen molar-refractivity contribution in [2.45, 2.75) is 25.4 Å². The Hall–Kier alpha value is -2.87. The highest BCUT2D eigenvalue weighted by atomic mass is 35.5. The zero-order valence-corrected chi connectivity index (χ0v) is 19.7. The lowest BCUT2D eigenvalue weighted by molar-refractivity contribution is 0.0739. The van der Waals surface area contributed by atoms with Gasteiger partial charge >= 0.3 is 0 Å². The van der Waals surface area contributed by atoms with Gasteiger partial charge in [0.1, 0.15) is 17.8 Å². The predicted molar refractivity (Wildman–Crippen MR) is 130 cm³/mol. The molecular formula is C24H25Cl2N5O2. The molecule has 33 heavy (non-hydrogen) atoms. The SMILES string of the molecule is C=CCN(CC=C)Cc1cnc(-c2ncn3c2[C@@H]2CCCN2C(=O)c2c(Cl)cccc2-3)o1.Cl. The Labute approximate surface area is 203 Å². The van der Waals surface area contributed by atoms with Crippen molar-refractivity contribution < 1.29 is 9.21 Å². The van der Waals surface area contributed by atoms with E-state index in [-0.39, 0.29) is 24.4 Å². The molecule has 5 rings (SSSR count). The minimum Gasteiger partial charge on any atom is -0.438 e. The molecule has 0 bridgehead atoms. The second-order valence-corrected chi connectivity index (χ2v) is 8.45. The van der Waals surface area contributed by atoms with Crippen molar-refractivity contribution in [2.24, 2.45) is 0 Å². The maximum absolute atomic E-state index is 13.3. The van der Waals surface area contributed by atoms with Crippen LogP contribution in [-0.2, 0) is 6.54 Å². The van der Waals surface area contributed by atoms with Crippen molar-refractivity contribution >= 4 is 29.9 Å². The Morgan fingerprint density at radius 2 is 2.03 bits per heavy atom. The van der Waals surface area contributed by atoms with Gasteiger partial charge in [0, 0.05) is 19.6 Å². The van der Waals surface area contributed by atoms with E-state index in [0.29, 0.717) is 35.3 Å². The Balaban J connectivity index is 0.00000259. The minimum absolute atomic E-state index is 0.